The highest BCUT2D eigenvalue weighted by Gasteiger charge is 2.19. The van der Waals surface area contributed by atoms with Crippen molar-refractivity contribution in [1.82, 2.24) is 0 Å². The molecular formula is C25H22N2O5S. The lowest BCUT2D eigenvalue weighted by Crippen LogP contribution is -2.14. The maximum atomic E-state index is 12.6. The number of amides is 1. The summed E-state index contributed by atoms with van der Waals surface area (Å²) in [5.41, 5.74) is 2.88. The zero-order valence-electron chi connectivity index (χ0n) is 18.3. The van der Waals surface area contributed by atoms with Crippen LogP contribution in [0.2, 0.25) is 0 Å². The minimum absolute atomic E-state index is 0.00547. The molecular weight excluding hydrogens is 440 g/mol. The molecule has 0 atom stereocenters. The quantitative estimate of drug-likeness (QED) is 0.312. The van der Waals surface area contributed by atoms with Crippen molar-refractivity contribution in [2.75, 3.05) is 12.4 Å². The molecule has 3 aromatic carbocycles. The Morgan fingerprint density at radius 2 is 1.73 bits per heavy atom. The van der Waals surface area contributed by atoms with Crippen molar-refractivity contribution in [2.24, 2.45) is 0 Å². The number of benzene rings is 3. The largest absolute Gasteiger partial charge is 0.493 e. The van der Waals surface area contributed by atoms with Crippen LogP contribution in [0, 0.1) is 25.2 Å². The Hall–Kier alpha value is -4.09. The van der Waals surface area contributed by atoms with Crippen molar-refractivity contribution in [3.05, 3.63) is 89.0 Å². The first-order valence-corrected chi connectivity index (χ1v) is 11.3. The molecule has 1 N–H and O–H groups in total. The molecule has 33 heavy (non-hydrogen) atoms. The van der Waals surface area contributed by atoms with Gasteiger partial charge in [0, 0.05) is 5.69 Å². The smallest absolute Gasteiger partial charge is 0.339 e. The van der Waals surface area contributed by atoms with E-state index in [-0.39, 0.29) is 22.0 Å². The van der Waals surface area contributed by atoms with E-state index in [1.165, 1.54) is 43.5 Å². The molecule has 0 saturated heterocycles. The molecule has 0 spiro atoms. The van der Waals surface area contributed by atoms with Gasteiger partial charge < -0.3 is 14.2 Å². The fourth-order valence-electron chi connectivity index (χ4n) is 2.99. The van der Waals surface area contributed by atoms with Gasteiger partial charge in [0.05, 0.1) is 7.11 Å². The molecule has 3 rings (SSSR count). The number of hydrogen-bond donors (Lipinski definition) is 1. The molecule has 168 valence electrons. The normalized spacial score (nSPS) is 11.4. The van der Waals surface area contributed by atoms with Crippen LogP contribution in [0.3, 0.4) is 0 Å². The molecule has 0 radical (unpaired) electrons. The van der Waals surface area contributed by atoms with Crippen molar-refractivity contribution in [3.8, 4) is 17.6 Å². The molecule has 0 aliphatic heterocycles. The monoisotopic (exact) mass is 462 g/mol. The number of ether oxygens (including phenoxy) is 1. The van der Waals surface area contributed by atoms with Gasteiger partial charge in [-0.05, 0) is 66.9 Å². The maximum absolute atomic E-state index is 12.6. The van der Waals surface area contributed by atoms with Gasteiger partial charge in [-0.25, -0.2) is 0 Å². The Labute approximate surface area is 193 Å². The van der Waals surface area contributed by atoms with Crippen LogP contribution in [0.1, 0.15) is 16.7 Å². The number of methoxy groups -OCH3 is 1. The summed E-state index contributed by atoms with van der Waals surface area (Å²) >= 11 is 0. The minimum Gasteiger partial charge on any atom is -0.493 e. The second-order valence-corrected chi connectivity index (χ2v) is 8.68. The van der Waals surface area contributed by atoms with Crippen molar-refractivity contribution >= 4 is 27.8 Å². The molecule has 0 heterocycles. The topological polar surface area (TPSA) is 105 Å². The van der Waals surface area contributed by atoms with Gasteiger partial charge in [-0.2, -0.15) is 13.7 Å². The van der Waals surface area contributed by atoms with E-state index in [1.807, 2.05) is 32.0 Å². The highest BCUT2D eigenvalue weighted by molar-refractivity contribution is 7.87. The van der Waals surface area contributed by atoms with Gasteiger partial charge >= 0.3 is 10.1 Å². The van der Waals surface area contributed by atoms with E-state index >= 15 is 0 Å². The van der Waals surface area contributed by atoms with Crippen LogP contribution in [0.15, 0.2) is 77.2 Å². The Morgan fingerprint density at radius 1 is 1.00 bits per heavy atom. The predicted molar refractivity (Wildman–Crippen MR) is 125 cm³/mol. The molecule has 0 bridgehead atoms. The Kier molecular flexibility index (Phi) is 7.16. The summed E-state index contributed by atoms with van der Waals surface area (Å²) in [7, 11) is -2.69. The van der Waals surface area contributed by atoms with Gasteiger partial charge in [-0.1, -0.05) is 36.4 Å². The summed E-state index contributed by atoms with van der Waals surface area (Å²) in [6, 6.07) is 19.6. The average Bonchev–Trinajstić information content (AvgIpc) is 2.81. The zero-order valence-corrected chi connectivity index (χ0v) is 19.1. The third kappa shape index (κ3) is 5.59. The first-order valence-electron chi connectivity index (χ1n) is 9.92. The van der Waals surface area contributed by atoms with E-state index in [0.717, 1.165) is 11.1 Å². The Morgan fingerprint density at radius 3 is 2.39 bits per heavy atom. The summed E-state index contributed by atoms with van der Waals surface area (Å²) in [6.45, 7) is 3.81. The number of anilines is 1. The Balaban J connectivity index is 1.86. The van der Waals surface area contributed by atoms with Crippen LogP contribution >= 0.6 is 0 Å². The first-order chi connectivity index (χ1) is 15.7. The van der Waals surface area contributed by atoms with Crippen molar-refractivity contribution in [3.63, 3.8) is 0 Å². The van der Waals surface area contributed by atoms with Crippen LogP contribution in [-0.2, 0) is 14.9 Å². The van der Waals surface area contributed by atoms with Gasteiger partial charge in [0.15, 0.2) is 11.5 Å². The van der Waals surface area contributed by atoms with Crippen molar-refractivity contribution < 1.29 is 22.1 Å². The van der Waals surface area contributed by atoms with Crippen LogP contribution < -0.4 is 14.2 Å². The summed E-state index contributed by atoms with van der Waals surface area (Å²) in [6.07, 6.45) is 1.39. The van der Waals surface area contributed by atoms with Gasteiger partial charge in [0.2, 0.25) is 0 Å². The average molecular weight is 463 g/mol. The van der Waals surface area contributed by atoms with Gasteiger partial charge in [-0.3, -0.25) is 4.79 Å². The van der Waals surface area contributed by atoms with Crippen LogP contribution in [0.25, 0.3) is 6.08 Å². The fourth-order valence-corrected chi connectivity index (χ4v) is 3.95. The van der Waals surface area contributed by atoms with E-state index in [2.05, 4.69) is 5.32 Å². The van der Waals surface area contributed by atoms with Crippen LogP contribution in [0.4, 0.5) is 5.69 Å². The van der Waals surface area contributed by atoms with Gasteiger partial charge in [0.25, 0.3) is 5.91 Å². The molecule has 8 heteroatoms. The molecule has 0 aromatic heterocycles. The number of aryl methyl sites for hydroxylation is 1. The maximum Gasteiger partial charge on any atom is 0.339 e. The number of nitriles is 1. The molecule has 3 aromatic rings. The number of rotatable bonds is 7. The van der Waals surface area contributed by atoms with Crippen LogP contribution in [0.5, 0.6) is 11.5 Å². The molecule has 1 amide bonds. The standard InChI is InChI=1S/C25H22N2O5S/c1-17-8-7-11-22(18(17)2)27-25(28)20(16-26)14-19-12-13-23(24(15-19)31-3)32-33(29,30)21-9-5-4-6-10-21/h4-15H,1-3H3,(H,27,28)/b20-14+. The molecule has 0 aliphatic carbocycles. The first kappa shape index (κ1) is 23.6. The SMILES string of the molecule is COc1cc(/C=C(\C#N)C(=O)Nc2cccc(C)c2C)ccc1OS(=O)(=O)c1ccccc1. The lowest BCUT2D eigenvalue weighted by atomic mass is 10.1. The van der Waals surface area contributed by atoms with E-state index < -0.39 is 16.0 Å². The number of nitrogens with zero attached hydrogens (tertiary/aromatic N) is 1. The lowest BCUT2D eigenvalue weighted by molar-refractivity contribution is -0.112. The number of carbonyl (C=O) groups excluding carboxylic acids is 1. The molecule has 0 fully saturated rings. The highest BCUT2D eigenvalue weighted by atomic mass is 32.2. The summed E-state index contributed by atoms with van der Waals surface area (Å²) in [4.78, 5) is 12.6. The number of nitrogens with one attached hydrogen (secondary N) is 1. The molecule has 0 saturated carbocycles. The van der Waals surface area contributed by atoms with Crippen molar-refractivity contribution in [2.45, 2.75) is 18.7 Å². The van der Waals surface area contributed by atoms with E-state index in [4.69, 9.17) is 8.92 Å². The van der Waals surface area contributed by atoms with Crippen molar-refractivity contribution in [1.29, 1.82) is 5.26 Å². The van der Waals surface area contributed by atoms with E-state index in [1.54, 1.807) is 24.3 Å². The number of hydrogen-bond acceptors (Lipinski definition) is 6. The third-order valence-corrected chi connectivity index (χ3v) is 6.20. The fraction of sp³-hybridized carbons (Fsp3) is 0.120. The third-order valence-electron chi connectivity index (χ3n) is 4.95. The second kappa shape index (κ2) is 10.0. The summed E-state index contributed by atoms with van der Waals surface area (Å²) < 4.78 is 35.5. The van der Waals surface area contributed by atoms with Gasteiger partial charge in [-0.15, -0.1) is 0 Å². The van der Waals surface area contributed by atoms with E-state index in [9.17, 15) is 18.5 Å². The Bertz CT molecular complexity index is 1360. The predicted octanol–water partition coefficient (Wildman–Crippen LogP) is 4.63. The highest BCUT2D eigenvalue weighted by Crippen LogP contribution is 2.31. The minimum atomic E-state index is -4.05. The molecule has 0 unspecified atom stereocenters. The lowest BCUT2D eigenvalue weighted by Gasteiger charge is -2.12. The second-order valence-electron chi connectivity index (χ2n) is 7.13. The molecule has 7 nitrogen and oxygen atoms in total. The summed E-state index contributed by atoms with van der Waals surface area (Å²) in [5, 5.41) is 12.3. The van der Waals surface area contributed by atoms with Crippen LogP contribution in [-0.4, -0.2) is 21.4 Å². The van der Waals surface area contributed by atoms with E-state index in [0.29, 0.717) is 11.3 Å². The zero-order chi connectivity index (χ0) is 24.0. The number of carbonyl (C=O) groups is 1. The molecule has 0 aliphatic rings. The van der Waals surface area contributed by atoms with Gasteiger partial charge in [0.1, 0.15) is 16.5 Å². The summed E-state index contributed by atoms with van der Waals surface area (Å²) in [5.74, 6) is -0.440.